The lowest BCUT2D eigenvalue weighted by molar-refractivity contribution is 0.318. The van der Waals surface area contributed by atoms with E-state index in [2.05, 4.69) is 13.8 Å². The molecule has 0 rings (SSSR count). The first-order chi connectivity index (χ1) is 8.74. The van der Waals surface area contributed by atoms with E-state index in [0.717, 1.165) is 0 Å². The Kier molecular flexibility index (Phi) is 38.6. The van der Waals surface area contributed by atoms with Gasteiger partial charge in [0, 0.05) is 13.2 Å². The highest BCUT2D eigenvalue weighted by Crippen LogP contribution is 2.09. The summed E-state index contributed by atoms with van der Waals surface area (Å²) in [6.45, 7) is 8.42. The number of hydrogen-bond acceptors (Lipinski definition) is 2. The summed E-state index contributed by atoms with van der Waals surface area (Å²) in [6, 6.07) is 0. The summed E-state index contributed by atoms with van der Waals surface area (Å²) in [5.41, 5.74) is 0. The zero-order valence-corrected chi connectivity index (χ0v) is 13.4. The minimum atomic E-state index is 0.250. The summed E-state index contributed by atoms with van der Waals surface area (Å²) >= 11 is 0. The molecule has 2 heteroatoms. The molecule has 2 N–H and O–H groups in total. The maximum absolute atomic E-state index is 7.57. The average Bonchev–Trinajstić information content (AvgIpc) is 2.35. The van der Waals surface area contributed by atoms with Gasteiger partial charge in [-0.25, -0.2) is 0 Å². The predicted molar refractivity (Wildman–Crippen MR) is 83.0 cm³/mol. The summed E-state index contributed by atoms with van der Waals surface area (Å²) < 4.78 is 0. The molecule has 0 aromatic carbocycles. The van der Waals surface area contributed by atoms with E-state index >= 15 is 0 Å². The first kappa shape index (κ1) is 23.0. The summed E-state index contributed by atoms with van der Waals surface area (Å²) in [5.74, 6) is 0. The molecule has 0 atom stereocenters. The summed E-state index contributed by atoms with van der Waals surface area (Å²) in [5, 5.41) is 15.1. The molecule has 0 saturated heterocycles. The van der Waals surface area contributed by atoms with Crippen LogP contribution in [0.5, 0.6) is 0 Å². The smallest absolute Gasteiger partial charge is 0.0402 e. The third kappa shape index (κ3) is 44.5. The van der Waals surface area contributed by atoms with E-state index in [4.69, 9.17) is 10.2 Å². The van der Waals surface area contributed by atoms with Gasteiger partial charge in [0.05, 0.1) is 0 Å². The van der Waals surface area contributed by atoms with Gasteiger partial charge in [0.1, 0.15) is 0 Å². The minimum absolute atomic E-state index is 0.250. The van der Waals surface area contributed by atoms with Crippen molar-refractivity contribution in [1.29, 1.82) is 0 Å². The third-order valence-electron chi connectivity index (χ3n) is 2.46. The van der Waals surface area contributed by atoms with Crippen LogP contribution in [-0.2, 0) is 0 Å². The van der Waals surface area contributed by atoms with Crippen LogP contribution in [0.25, 0.3) is 0 Å². The van der Waals surface area contributed by atoms with Gasteiger partial charge < -0.3 is 10.2 Å². The zero-order valence-electron chi connectivity index (χ0n) is 13.4. The molecular formula is C16H38O2. The maximum Gasteiger partial charge on any atom is 0.0402 e. The number of rotatable bonds is 9. The number of aliphatic hydroxyl groups excluding tert-OH is 2. The Morgan fingerprint density at radius 1 is 0.444 bits per heavy atom. The topological polar surface area (TPSA) is 40.5 Å². The van der Waals surface area contributed by atoms with E-state index in [1.54, 1.807) is 13.8 Å². The number of hydrogen-bond donors (Lipinski definition) is 2. The molecule has 0 fully saturated rings. The molecule has 0 spiro atoms. The lowest BCUT2D eigenvalue weighted by Crippen LogP contribution is -1.80. The fourth-order valence-electron chi connectivity index (χ4n) is 1.56. The van der Waals surface area contributed by atoms with Crippen LogP contribution in [-0.4, -0.2) is 23.4 Å². The van der Waals surface area contributed by atoms with Crippen molar-refractivity contribution in [1.82, 2.24) is 0 Å². The highest BCUT2D eigenvalue weighted by atomic mass is 16.3. The van der Waals surface area contributed by atoms with Crippen LogP contribution < -0.4 is 0 Å². The lowest BCUT2D eigenvalue weighted by atomic mass is 10.1. The van der Waals surface area contributed by atoms with E-state index in [0.29, 0.717) is 0 Å². The summed E-state index contributed by atoms with van der Waals surface area (Å²) in [4.78, 5) is 0. The SMILES string of the molecule is CCCCCCCCCCCC.CCO.CCO. The molecular weight excluding hydrogens is 224 g/mol. The van der Waals surface area contributed by atoms with Gasteiger partial charge in [-0.2, -0.15) is 0 Å². The van der Waals surface area contributed by atoms with Crippen LogP contribution in [0.2, 0.25) is 0 Å². The largest absolute Gasteiger partial charge is 0.397 e. The molecule has 18 heavy (non-hydrogen) atoms. The van der Waals surface area contributed by atoms with Crippen LogP contribution in [0.15, 0.2) is 0 Å². The quantitative estimate of drug-likeness (QED) is 0.579. The average molecular weight is 262 g/mol. The van der Waals surface area contributed by atoms with Crippen LogP contribution in [0.1, 0.15) is 91.9 Å². The Hall–Kier alpha value is -0.0800. The Balaban J connectivity index is -0.000000315. The first-order valence-corrected chi connectivity index (χ1v) is 7.96. The normalized spacial score (nSPS) is 9.00. The van der Waals surface area contributed by atoms with E-state index in [-0.39, 0.29) is 13.2 Å². The van der Waals surface area contributed by atoms with E-state index in [9.17, 15) is 0 Å². The van der Waals surface area contributed by atoms with Crippen molar-refractivity contribution in [2.24, 2.45) is 0 Å². The molecule has 0 radical (unpaired) electrons. The predicted octanol–water partition coefficient (Wildman–Crippen LogP) is 4.92. The van der Waals surface area contributed by atoms with Crippen LogP contribution in [0, 0.1) is 0 Å². The van der Waals surface area contributed by atoms with Crippen molar-refractivity contribution in [2.45, 2.75) is 91.9 Å². The summed E-state index contributed by atoms with van der Waals surface area (Å²) in [6.07, 6.45) is 14.4. The van der Waals surface area contributed by atoms with E-state index in [1.807, 2.05) is 0 Å². The molecule has 0 aliphatic rings. The second-order valence-electron chi connectivity index (χ2n) is 4.46. The van der Waals surface area contributed by atoms with Gasteiger partial charge in [-0.05, 0) is 13.8 Å². The molecule has 0 bridgehead atoms. The molecule has 0 aliphatic heterocycles. The molecule has 0 aliphatic carbocycles. The second-order valence-corrected chi connectivity index (χ2v) is 4.46. The van der Waals surface area contributed by atoms with Crippen molar-refractivity contribution in [3.63, 3.8) is 0 Å². The molecule has 0 aromatic rings. The number of unbranched alkanes of at least 4 members (excludes halogenated alkanes) is 9. The Morgan fingerprint density at radius 3 is 0.778 bits per heavy atom. The van der Waals surface area contributed by atoms with Gasteiger partial charge in [-0.15, -0.1) is 0 Å². The van der Waals surface area contributed by atoms with E-state index in [1.165, 1.54) is 64.2 Å². The van der Waals surface area contributed by atoms with Crippen molar-refractivity contribution in [3.05, 3.63) is 0 Å². The molecule has 2 nitrogen and oxygen atoms in total. The van der Waals surface area contributed by atoms with Gasteiger partial charge in [0.2, 0.25) is 0 Å². The molecule has 0 amide bonds. The van der Waals surface area contributed by atoms with Gasteiger partial charge in [-0.1, -0.05) is 78.1 Å². The van der Waals surface area contributed by atoms with Gasteiger partial charge in [0.25, 0.3) is 0 Å². The molecule has 114 valence electrons. The third-order valence-corrected chi connectivity index (χ3v) is 2.46. The fourth-order valence-corrected chi connectivity index (χ4v) is 1.56. The summed E-state index contributed by atoms with van der Waals surface area (Å²) in [7, 11) is 0. The maximum atomic E-state index is 7.57. The fraction of sp³-hybridized carbons (Fsp3) is 1.00. The van der Waals surface area contributed by atoms with Crippen molar-refractivity contribution >= 4 is 0 Å². The van der Waals surface area contributed by atoms with Gasteiger partial charge in [0.15, 0.2) is 0 Å². The number of aliphatic hydroxyl groups is 2. The van der Waals surface area contributed by atoms with Crippen molar-refractivity contribution < 1.29 is 10.2 Å². The van der Waals surface area contributed by atoms with Gasteiger partial charge >= 0.3 is 0 Å². The standard InChI is InChI=1S/C12H26.2C2H6O/c1-3-5-7-9-11-12-10-8-6-4-2;2*1-2-3/h3-12H2,1-2H3;2*3H,2H2,1H3. The van der Waals surface area contributed by atoms with Crippen LogP contribution in [0.4, 0.5) is 0 Å². The van der Waals surface area contributed by atoms with Crippen LogP contribution >= 0.6 is 0 Å². The Morgan fingerprint density at radius 2 is 0.611 bits per heavy atom. The van der Waals surface area contributed by atoms with E-state index < -0.39 is 0 Å². The van der Waals surface area contributed by atoms with Crippen molar-refractivity contribution in [2.75, 3.05) is 13.2 Å². The Labute approximate surface area is 116 Å². The highest BCUT2D eigenvalue weighted by Gasteiger charge is 1.90. The Bertz CT molecular complexity index is 83.1. The minimum Gasteiger partial charge on any atom is -0.397 e. The lowest BCUT2D eigenvalue weighted by Gasteiger charge is -1.99. The van der Waals surface area contributed by atoms with Gasteiger partial charge in [-0.3, -0.25) is 0 Å². The highest BCUT2D eigenvalue weighted by molar-refractivity contribution is 4.45. The molecule has 0 aromatic heterocycles. The first-order valence-electron chi connectivity index (χ1n) is 7.96. The monoisotopic (exact) mass is 262 g/mol. The van der Waals surface area contributed by atoms with Crippen LogP contribution in [0.3, 0.4) is 0 Å². The second kappa shape index (κ2) is 30.2. The van der Waals surface area contributed by atoms with Crippen molar-refractivity contribution in [3.8, 4) is 0 Å². The molecule has 0 saturated carbocycles. The zero-order chi connectivity index (χ0) is 14.5. The molecule has 0 heterocycles. The molecule has 0 unspecified atom stereocenters.